The predicted molar refractivity (Wildman–Crippen MR) is 91.5 cm³/mol. The number of hydrogen-bond acceptors (Lipinski definition) is 5. The van der Waals surface area contributed by atoms with Crippen molar-refractivity contribution in [2.75, 3.05) is 27.3 Å². The SMILES string of the molecule is C=CC(CN)(Cc1ccccc1)O[Si](CCCN)(OC)OC. The number of rotatable bonds is 11. The fraction of sp³-hybridized carbons (Fsp3) is 0.500. The zero-order valence-electron chi connectivity index (χ0n) is 13.6. The molecule has 0 heterocycles. The fourth-order valence-corrected chi connectivity index (χ4v) is 4.68. The minimum absolute atomic E-state index is 0.301. The Kier molecular flexibility index (Phi) is 7.95. The van der Waals surface area contributed by atoms with Gasteiger partial charge in [0.05, 0.1) is 5.60 Å². The Morgan fingerprint density at radius 1 is 1.18 bits per heavy atom. The zero-order valence-corrected chi connectivity index (χ0v) is 14.6. The maximum atomic E-state index is 6.32. The molecule has 1 rings (SSSR count). The standard InChI is InChI=1S/C16H28N2O3Si/c1-4-16(14-18,13-15-9-6-5-7-10-15)21-22(19-2,20-3)12-8-11-17/h4-7,9-10H,1,8,11-14,17-18H2,2-3H3. The first kappa shape index (κ1) is 19.0. The van der Waals surface area contributed by atoms with Crippen LogP contribution in [0.2, 0.25) is 6.04 Å². The third-order valence-electron chi connectivity index (χ3n) is 3.73. The molecule has 0 bridgehead atoms. The Morgan fingerprint density at radius 2 is 1.82 bits per heavy atom. The van der Waals surface area contributed by atoms with Crippen molar-refractivity contribution >= 4 is 8.80 Å². The van der Waals surface area contributed by atoms with Crippen molar-refractivity contribution in [1.82, 2.24) is 0 Å². The van der Waals surface area contributed by atoms with Gasteiger partial charge in [-0.15, -0.1) is 6.58 Å². The molecule has 5 nitrogen and oxygen atoms in total. The van der Waals surface area contributed by atoms with E-state index in [-0.39, 0.29) is 0 Å². The Bertz CT molecular complexity index is 440. The van der Waals surface area contributed by atoms with Crippen LogP contribution < -0.4 is 11.5 Å². The van der Waals surface area contributed by atoms with E-state index < -0.39 is 14.4 Å². The minimum Gasteiger partial charge on any atom is -0.377 e. The molecule has 0 aliphatic carbocycles. The molecule has 0 radical (unpaired) electrons. The summed E-state index contributed by atoms with van der Waals surface area (Å²) >= 11 is 0. The van der Waals surface area contributed by atoms with Crippen LogP contribution in [-0.4, -0.2) is 41.7 Å². The summed E-state index contributed by atoms with van der Waals surface area (Å²) in [5, 5.41) is 0. The molecule has 1 unspecified atom stereocenters. The van der Waals surface area contributed by atoms with Crippen LogP contribution in [0.15, 0.2) is 43.0 Å². The van der Waals surface area contributed by atoms with Gasteiger partial charge >= 0.3 is 8.80 Å². The van der Waals surface area contributed by atoms with E-state index in [0.717, 1.165) is 12.0 Å². The van der Waals surface area contributed by atoms with Gasteiger partial charge < -0.3 is 24.7 Å². The summed E-state index contributed by atoms with van der Waals surface area (Å²) in [6.45, 7) is 4.78. The second-order valence-electron chi connectivity index (χ2n) is 5.22. The van der Waals surface area contributed by atoms with E-state index in [1.165, 1.54) is 0 Å². The van der Waals surface area contributed by atoms with Gasteiger partial charge in [-0.05, 0) is 18.5 Å². The quantitative estimate of drug-likeness (QED) is 0.478. The molecule has 0 spiro atoms. The van der Waals surface area contributed by atoms with E-state index in [9.17, 15) is 0 Å². The highest BCUT2D eigenvalue weighted by Crippen LogP contribution is 2.27. The van der Waals surface area contributed by atoms with Crippen molar-refractivity contribution in [2.45, 2.75) is 24.5 Å². The molecule has 1 aromatic carbocycles. The predicted octanol–water partition coefficient (Wildman–Crippen LogP) is 1.71. The van der Waals surface area contributed by atoms with E-state index >= 15 is 0 Å². The van der Waals surface area contributed by atoms with Crippen LogP contribution in [0.5, 0.6) is 0 Å². The van der Waals surface area contributed by atoms with Gasteiger partial charge in [-0.1, -0.05) is 36.4 Å². The first-order valence-corrected chi connectivity index (χ1v) is 9.40. The average Bonchev–Trinajstić information content (AvgIpc) is 2.59. The van der Waals surface area contributed by atoms with Crippen molar-refractivity contribution < 1.29 is 13.3 Å². The molecule has 4 N–H and O–H groups in total. The second kappa shape index (κ2) is 9.19. The molecule has 0 fully saturated rings. The molecule has 22 heavy (non-hydrogen) atoms. The number of nitrogens with two attached hydrogens (primary N) is 2. The van der Waals surface area contributed by atoms with Crippen LogP contribution >= 0.6 is 0 Å². The molecule has 124 valence electrons. The molecule has 1 atom stereocenters. The van der Waals surface area contributed by atoms with Crippen molar-refractivity contribution in [1.29, 1.82) is 0 Å². The second-order valence-corrected chi connectivity index (χ2v) is 8.11. The summed E-state index contributed by atoms with van der Waals surface area (Å²) in [7, 11) is 0.394. The van der Waals surface area contributed by atoms with Crippen LogP contribution in [0.3, 0.4) is 0 Å². The lowest BCUT2D eigenvalue weighted by Gasteiger charge is -2.38. The average molecular weight is 324 g/mol. The fourth-order valence-electron chi connectivity index (χ4n) is 2.34. The van der Waals surface area contributed by atoms with Gasteiger partial charge in [-0.2, -0.15) is 0 Å². The van der Waals surface area contributed by atoms with Gasteiger partial charge in [0.1, 0.15) is 0 Å². The van der Waals surface area contributed by atoms with E-state index in [0.29, 0.717) is 25.6 Å². The molecule has 0 aliphatic rings. The summed E-state index contributed by atoms with van der Waals surface area (Å²) in [4.78, 5) is 0. The molecule has 0 amide bonds. The largest absolute Gasteiger partial charge is 0.501 e. The molecule has 0 aliphatic heterocycles. The smallest absolute Gasteiger partial charge is 0.377 e. The first-order valence-electron chi connectivity index (χ1n) is 7.47. The summed E-state index contributed by atoms with van der Waals surface area (Å²) in [5.41, 5.74) is 12.0. The summed E-state index contributed by atoms with van der Waals surface area (Å²) in [5.74, 6) is 0. The molecule has 0 aromatic heterocycles. The van der Waals surface area contributed by atoms with Gasteiger partial charge in [0.2, 0.25) is 0 Å². The van der Waals surface area contributed by atoms with Gasteiger partial charge in [0.15, 0.2) is 0 Å². The topological polar surface area (TPSA) is 79.7 Å². The van der Waals surface area contributed by atoms with Crippen LogP contribution in [0.1, 0.15) is 12.0 Å². The third kappa shape index (κ3) is 5.01. The Labute approximate surface area is 134 Å². The summed E-state index contributed by atoms with van der Waals surface area (Å²) < 4.78 is 17.6. The van der Waals surface area contributed by atoms with Gasteiger partial charge in [0, 0.05) is 33.2 Å². The van der Waals surface area contributed by atoms with E-state index in [1.807, 2.05) is 30.3 Å². The number of hydrogen-bond donors (Lipinski definition) is 2. The highest BCUT2D eigenvalue weighted by atomic mass is 28.4. The van der Waals surface area contributed by atoms with Crippen molar-refractivity contribution in [3.05, 3.63) is 48.6 Å². The Morgan fingerprint density at radius 3 is 2.27 bits per heavy atom. The maximum Gasteiger partial charge on any atom is 0.501 e. The van der Waals surface area contributed by atoms with Crippen LogP contribution in [0.25, 0.3) is 0 Å². The molecule has 1 aromatic rings. The van der Waals surface area contributed by atoms with Crippen molar-refractivity contribution in [2.24, 2.45) is 11.5 Å². The van der Waals surface area contributed by atoms with Gasteiger partial charge in [-0.25, -0.2) is 0 Å². The Hall–Kier alpha value is -1.02. The molecular formula is C16H28N2O3Si. The van der Waals surface area contributed by atoms with Gasteiger partial charge in [0.25, 0.3) is 0 Å². The molecule has 0 saturated carbocycles. The monoisotopic (exact) mass is 324 g/mol. The van der Waals surface area contributed by atoms with E-state index in [1.54, 1.807) is 20.3 Å². The summed E-state index contributed by atoms with van der Waals surface area (Å²) in [6, 6.07) is 10.7. The van der Waals surface area contributed by atoms with Crippen LogP contribution in [-0.2, 0) is 19.7 Å². The summed E-state index contributed by atoms with van der Waals surface area (Å²) in [6.07, 6.45) is 3.15. The van der Waals surface area contributed by atoms with Crippen LogP contribution in [0, 0.1) is 0 Å². The van der Waals surface area contributed by atoms with Gasteiger partial charge in [-0.3, -0.25) is 0 Å². The van der Waals surface area contributed by atoms with Crippen molar-refractivity contribution in [3.63, 3.8) is 0 Å². The lowest BCUT2D eigenvalue weighted by molar-refractivity contribution is 0.0171. The molecular weight excluding hydrogens is 296 g/mol. The van der Waals surface area contributed by atoms with Crippen molar-refractivity contribution in [3.8, 4) is 0 Å². The highest BCUT2D eigenvalue weighted by Gasteiger charge is 2.45. The normalized spacial score (nSPS) is 14.5. The lowest BCUT2D eigenvalue weighted by Crippen LogP contribution is -2.55. The lowest BCUT2D eigenvalue weighted by atomic mass is 9.95. The maximum absolute atomic E-state index is 6.32. The molecule has 0 saturated heterocycles. The number of benzene rings is 1. The minimum atomic E-state index is -2.83. The van der Waals surface area contributed by atoms with E-state index in [4.69, 9.17) is 24.7 Å². The van der Waals surface area contributed by atoms with E-state index in [2.05, 4.69) is 6.58 Å². The third-order valence-corrected chi connectivity index (χ3v) is 6.66. The van der Waals surface area contributed by atoms with Crippen LogP contribution in [0.4, 0.5) is 0 Å². The zero-order chi connectivity index (χ0) is 16.5. The highest BCUT2D eigenvalue weighted by molar-refractivity contribution is 6.60. The first-order chi connectivity index (χ1) is 10.6. The Balaban J connectivity index is 2.99. The molecule has 6 heteroatoms.